The first kappa shape index (κ1) is 29.2. The largest absolute Gasteiger partial charge is 0.423 e. The monoisotopic (exact) mass is 602 g/mol. The molecule has 0 heterocycles. The van der Waals surface area contributed by atoms with E-state index in [-0.39, 0.29) is 11.8 Å². The fraction of sp³-hybridized carbons (Fsp3) is 0.143. The van der Waals surface area contributed by atoms with Crippen molar-refractivity contribution >= 4 is 24.1 Å². The Hall–Kier alpha value is -5.48. The predicted molar refractivity (Wildman–Crippen MR) is 182 cm³/mol. The first-order chi connectivity index (χ1) is 22.5. The van der Waals surface area contributed by atoms with Crippen molar-refractivity contribution in [3.63, 3.8) is 0 Å². The van der Waals surface area contributed by atoms with Crippen molar-refractivity contribution in [1.82, 2.24) is 0 Å². The number of hydrogen-bond acceptors (Lipinski definition) is 4. The topological polar surface area (TPSA) is 52.6 Å². The second kappa shape index (κ2) is 12.5. The molecule has 4 heteroatoms. The molecule has 226 valence electrons. The Morgan fingerprint density at radius 3 is 1.20 bits per heavy atom. The molecule has 8 rings (SSSR count). The minimum Gasteiger partial charge on any atom is -0.423 e. The molecule has 0 saturated carbocycles. The lowest BCUT2D eigenvalue weighted by molar-refractivity contribution is -0.130. The Kier molecular flexibility index (Phi) is 7.94. The highest BCUT2D eigenvalue weighted by Gasteiger charge is 2.45. The molecule has 4 nitrogen and oxygen atoms in total. The predicted octanol–water partition coefficient (Wildman–Crippen LogP) is 9.04. The van der Waals surface area contributed by atoms with E-state index in [0.717, 1.165) is 35.1 Å². The van der Waals surface area contributed by atoms with Crippen molar-refractivity contribution in [2.45, 2.75) is 38.5 Å². The van der Waals surface area contributed by atoms with Crippen molar-refractivity contribution in [1.29, 1.82) is 0 Å². The van der Waals surface area contributed by atoms with E-state index < -0.39 is 11.9 Å². The number of hydrogen-bond donors (Lipinski definition) is 0. The van der Waals surface area contributed by atoms with Crippen molar-refractivity contribution in [2.75, 3.05) is 0 Å². The molecule has 0 amide bonds. The zero-order valence-corrected chi connectivity index (χ0v) is 25.9. The molecule has 0 radical (unpaired) electrons. The van der Waals surface area contributed by atoms with Crippen LogP contribution in [0, 0.1) is 0 Å². The molecule has 0 aliphatic heterocycles. The van der Waals surface area contributed by atoms with Crippen LogP contribution in [0.1, 0.15) is 81.3 Å². The summed E-state index contributed by atoms with van der Waals surface area (Å²) in [5.41, 5.74) is 10.7. The number of aryl methyl sites for hydroxylation is 2. The molecule has 0 aromatic heterocycles. The van der Waals surface area contributed by atoms with Gasteiger partial charge in [0.25, 0.3) is 0 Å². The maximum Gasteiger partial charge on any atom is 0.336 e. The lowest BCUT2D eigenvalue weighted by Crippen LogP contribution is -2.29. The van der Waals surface area contributed by atoms with Gasteiger partial charge in [0.1, 0.15) is 11.5 Å². The number of benzene rings is 5. The molecule has 0 atom stereocenters. The SMILES string of the molecule is CCc1ccc(/C=C/C(=O)Oc2ccc(OC(=O)/C=C/c3ccc(CC)cc3)c3c2C2c4ccccc4C3c3ccccc32)cc1. The van der Waals surface area contributed by atoms with Crippen LogP contribution < -0.4 is 9.47 Å². The standard InChI is InChI=1S/C42H34O4/c1-3-27-13-17-29(18-14-27)21-25-37(43)45-35-23-24-36(46-38(44)26-22-30-19-15-28(4-2)16-20-30)42-40-33-11-7-5-9-31(33)39(41(35)42)32-10-6-8-12-34(32)40/h5-26,39-40H,3-4H2,1-2H3/b25-21+,26-22+. The maximum absolute atomic E-state index is 13.2. The van der Waals surface area contributed by atoms with Gasteiger partial charge in [-0.2, -0.15) is 0 Å². The highest BCUT2D eigenvalue weighted by Crippen LogP contribution is 2.60. The summed E-state index contributed by atoms with van der Waals surface area (Å²) in [6.07, 6.45) is 8.37. The van der Waals surface area contributed by atoms with Gasteiger partial charge in [0.15, 0.2) is 0 Å². The number of carbonyl (C=O) groups excluding carboxylic acids is 2. The molecular formula is C42H34O4. The summed E-state index contributed by atoms with van der Waals surface area (Å²) in [6.45, 7) is 4.23. The zero-order valence-electron chi connectivity index (χ0n) is 25.9. The fourth-order valence-corrected chi connectivity index (χ4v) is 6.74. The zero-order chi connectivity index (χ0) is 31.6. The molecule has 0 fully saturated rings. The Labute approximate surface area is 269 Å². The van der Waals surface area contributed by atoms with Gasteiger partial charge in [0.05, 0.1) is 0 Å². The van der Waals surface area contributed by atoms with Gasteiger partial charge >= 0.3 is 11.9 Å². The molecule has 5 aromatic carbocycles. The molecule has 3 aliphatic carbocycles. The first-order valence-electron chi connectivity index (χ1n) is 15.9. The maximum atomic E-state index is 13.2. The van der Waals surface area contributed by atoms with Crippen LogP contribution in [0.15, 0.2) is 121 Å². The third kappa shape index (κ3) is 5.48. The van der Waals surface area contributed by atoms with E-state index in [4.69, 9.17) is 9.47 Å². The van der Waals surface area contributed by atoms with Crippen LogP contribution >= 0.6 is 0 Å². The third-order valence-corrected chi connectivity index (χ3v) is 9.04. The van der Waals surface area contributed by atoms with Gasteiger partial charge in [0, 0.05) is 35.1 Å². The molecule has 0 spiro atoms. The fourth-order valence-electron chi connectivity index (χ4n) is 6.74. The normalized spacial score (nSPS) is 15.8. The highest BCUT2D eigenvalue weighted by atomic mass is 16.5. The van der Waals surface area contributed by atoms with Crippen molar-refractivity contribution in [2.24, 2.45) is 0 Å². The Bertz CT molecular complexity index is 1810. The van der Waals surface area contributed by atoms with E-state index in [2.05, 4.69) is 62.4 Å². The van der Waals surface area contributed by atoms with Crippen LogP contribution in [0.25, 0.3) is 12.2 Å². The summed E-state index contributed by atoms with van der Waals surface area (Å²) in [6, 6.07) is 36.5. The van der Waals surface area contributed by atoms with E-state index in [1.807, 2.05) is 48.5 Å². The second-order valence-corrected chi connectivity index (χ2v) is 11.7. The summed E-state index contributed by atoms with van der Waals surface area (Å²) >= 11 is 0. The second-order valence-electron chi connectivity index (χ2n) is 11.7. The number of rotatable bonds is 8. The van der Waals surface area contributed by atoms with Crippen LogP contribution in [0.4, 0.5) is 0 Å². The van der Waals surface area contributed by atoms with Crippen LogP contribution in [0.5, 0.6) is 11.5 Å². The van der Waals surface area contributed by atoms with Gasteiger partial charge in [-0.25, -0.2) is 9.59 Å². The van der Waals surface area contributed by atoms with Crippen molar-refractivity contribution < 1.29 is 19.1 Å². The summed E-state index contributed by atoms with van der Waals surface area (Å²) in [4.78, 5) is 26.4. The molecule has 5 aromatic rings. The smallest absolute Gasteiger partial charge is 0.336 e. The Morgan fingerprint density at radius 1 is 0.522 bits per heavy atom. The van der Waals surface area contributed by atoms with Gasteiger partial charge in [0.2, 0.25) is 0 Å². The van der Waals surface area contributed by atoms with E-state index >= 15 is 0 Å². The molecule has 0 saturated heterocycles. The van der Waals surface area contributed by atoms with E-state index in [0.29, 0.717) is 11.5 Å². The average molecular weight is 603 g/mol. The molecule has 0 unspecified atom stereocenters. The number of esters is 2. The van der Waals surface area contributed by atoms with Gasteiger partial charge in [-0.3, -0.25) is 0 Å². The average Bonchev–Trinajstić information content (AvgIpc) is 3.11. The molecule has 0 N–H and O–H groups in total. The minimum atomic E-state index is -0.466. The molecule has 2 bridgehead atoms. The molecule has 46 heavy (non-hydrogen) atoms. The first-order valence-corrected chi connectivity index (χ1v) is 15.9. The highest BCUT2D eigenvalue weighted by molar-refractivity contribution is 5.91. The minimum absolute atomic E-state index is 0.174. The van der Waals surface area contributed by atoms with Gasteiger partial charge < -0.3 is 9.47 Å². The number of ether oxygens (including phenoxy) is 2. The van der Waals surface area contributed by atoms with Crippen LogP contribution in [-0.2, 0) is 22.4 Å². The Morgan fingerprint density at radius 2 is 0.870 bits per heavy atom. The summed E-state index contributed by atoms with van der Waals surface area (Å²) in [5, 5.41) is 0. The summed E-state index contributed by atoms with van der Waals surface area (Å²) in [5.74, 6) is -0.343. The van der Waals surface area contributed by atoms with Gasteiger partial charge in [-0.05, 0) is 81.6 Å². The lowest BCUT2D eigenvalue weighted by Gasteiger charge is -2.43. The van der Waals surface area contributed by atoms with Crippen molar-refractivity contribution in [3.8, 4) is 11.5 Å². The molecular weight excluding hydrogens is 568 g/mol. The van der Waals surface area contributed by atoms with Crippen molar-refractivity contribution in [3.05, 3.63) is 177 Å². The van der Waals surface area contributed by atoms with Crippen LogP contribution in [0.2, 0.25) is 0 Å². The lowest BCUT2D eigenvalue weighted by atomic mass is 9.60. The van der Waals surface area contributed by atoms with Gasteiger partial charge in [-0.15, -0.1) is 0 Å². The number of carbonyl (C=O) groups is 2. The van der Waals surface area contributed by atoms with Crippen LogP contribution in [0.3, 0.4) is 0 Å². The quantitative estimate of drug-likeness (QED) is 0.0990. The Balaban J connectivity index is 1.25. The molecule has 3 aliphatic rings. The summed E-state index contributed by atoms with van der Waals surface area (Å²) in [7, 11) is 0. The third-order valence-electron chi connectivity index (χ3n) is 9.04. The summed E-state index contributed by atoms with van der Waals surface area (Å²) < 4.78 is 12.1. The van der Waals surface area contributed by atoms with E-state index in [1.165, 1.54) is 45.5 Å². The van der Waals surface area contributed by atoms with Crippen LogP contribution in [-0.4, -0.2) is 11.9 Å². The van der Waals surface area contributed by atoms with E-state index in [9.17, 15) is 9.59 Å². The van der Waals surface area contributed by atoms with Gasteiger partial charge in [-0.1, -0.05) is 111 Å². The van der Waals surface area contributed by atoms with E-state index in [1.54, 1.807) is 24.3 Å².